The summed E-state index contributed by atoms with van der Waals surface area (Å²) in [4.78, 5) is 0. The van der Waals surface area contributed by atoms with Crippen molar-refractivity contribution in [3.63, 3.8) is 0 Å². The van der Waals surface area contributed by atoms with E-state index in [1.165, 1.54) is 48.6 Å². The molecule has 1 N–H and O–H groups in total. The van der Waals surface area contributed by atoms with Crippen molar-refractivity contribution >= 4 is 15.9 Å². The summed E-state index contributed by atoms with van der Waals surface area (Å²) >= 11 is 3.68. The Morgan fingerprint density at radius 1 is 1.15 bits per heavy atom. The van der Waals surface area contributed by atoms with Gasteiger partial charge in [0.05, 0.1) is 0 Å². The van der Waals surface area contributed by atoms with Crippen LogP contribution in [0.2, 0.25) is 0 Å². The third kappa shape index (κ3) is 4.75. The first kappa shape index (κ1) is 15.8. The summed E-state index contributed by atoms with van der Waals surface area (Å²) < 4.78 is 1.23. The first-order chi connectivity index (χ1) is 9.81. The van der Waals surface area contributed by atoms with Gasteiger partial charge in [0.25, 0.3) is 0 Å². The molecule has 0 saturated carbocycles. The maximum Gasteiger partial charge on any atom is 0.0320 e. The Labute approximate surface area is 132 Å². The van der Waals surface area contributed by atoms with Crippen molar-refractivity contribution in [1.29, 1.82) is 0 Å². The summed E-state index contributed by atoms with van der Waals surface area (Å²) in [6, 6.07) is 9.10. The molecular weight excluding hydrogens is 310 g/mol. The number of halogens is 1. The lowest BCUT2D eigenvalue weighted by atomic mass is 9.91. The minimum absolute atomic E-state index is 0.497. The average molecular weight is 336 g/mol. The van der Waals surface area contributed by atoms with Crippen LogP contribution in [0.1, 0.15) is 51.0 Å². The fraction of sp³-hybridized carbons (Fsp3) is 0.556. The van der Waals surface area contributed by atoms with E-state index in [0.717, 1.165) is 13.0 Å². The summed E-state index contributed by atoms with van der Waals surface area (Å²) in [5, 5.41) is 3.69. The van der Waals surface area contributed by atoms with E-state index in [0.29, 0.717) is 6.04 Å². The molecule has 0 aliphatic heterocycles. The van der Waals surface area contributed by atoms with Crippen molar-refractivity contribution in [2.45, 2.75) is 57.9 Å². The van der Waals surface area contributed by atoms with Crippen molar-refractivity contribution in [2.24, 2.45) is 0 Å². The number of nitrogens with one attached hydrogen (secondary N) is 1. The number of benzene rings is 1. The number of hydrogen-bond donors (Lipinski definition) is 1. The minimum Gasteiger partial charge on any atom is -0.310 e. The van der Waals surface area contributed by atoms with Crippen molar-refractivity contribution in [3.8, 4) is 0 Å². The maximum absolute atomic E-state index is 3.69. The number of likely N-dealkylation sites (N-methyl/N-ethyl adjacent to an activating group) is 1. The van der Waals surface area contributed by atoms with Gasteiger partial charge in [-0.15, -0.1) is 0 Å². The van der Waals surface area contributed by atoms with Crippen LogP contribution in [-0.4, -0.2) is 12.6 Å². The van der Waals surface area contributed by atoms with Crippen LogP contribution in [0.4, 0.5) is 0 Å². The van der Waals surface area contributed by atoms with E-state index in [9.17, 15) is 0 Å². The molecule has 0 radical (unpaired) electrons. The molecule has 1 unspecified atom stereocenters. The maximum atomic E-state index is 3.69. The molecule has 2 rings (SSSR count). The molecule has 1 aromatic rings. The van der Waals surface area contributed by atoms with Crippen LogP contribution < -0.4 is 5.32 Å². The normalized spacial score (nSPS) is 20.6. The summed E-state index contributed by atoms with van der Waals surface area (Å²) in [6.45, 7) is 3.24. The van der Waals surface area contributed by atoms with E-state index >= 15 is 0 Å². The number of hydrogen-bond acceptors (Lipinski definition) is 1. The lowest BCUT2D eigenvalue weighted by molar-refractivity contribution is 0.535. The number of rotatable bonds is 5. The largest absolute Gasteiger partial charge is 0.310 e. The standard InChI is InChI=1S/C18H26BrN/c1-2-20-18(14-16-12-8-9-13-17(16)19)15-10-6-4-3-5-7-11-15/h8-10,12-13,18,20H,2-7,11,14H2,1H3/b15-10+. The molecule has 0 spiro atoms. The van der Waals surface area contributed by atoms with E-state index in [-0.39, 0.29) is 0 Å². The molecule has 0 aromatic heterocycles. The van der Waals surface area contributed by atoms with Crippen LogP contribution in [0.5, 0.6) is 0 Å². The third-order valence-corrected chi connectivity index (χ3v) is 4.88. The van der Waals surface area contributed by atoms with Gasteiger partial charge in [-0.1, -0.05) is 65.5 Å². The van der Waals surface area contributed by atoms with Crippen LogP contribution in [-0.2, 0) is 6.42 Å². The van der Waals surface area contributed by atoms with Gasteiger partial charge in [-0.05, 0) is 50.3 Å². The Kier molecular flexibility index (Phi) is 6.81. The predicted molar refractivity (Wildman–Crippen MR) is 91.1 cm³/mol. The molecule has 0 fully saturated rings. The van der Waals surface area contributed by atoms with E-state index < -0.39 is 0 Å². The first-order valence-electron chi connectivity index (χ1n) is 7.97. The monoisotopic (exact) mass is 335 g/mol. The van der Waals surface area contributed by atoms with Gasteiger partial charge in [0.15, 0.2) is 0 Å². The predicted octanol–water partition coefficient (Wildman–Crippen LogP) is 5.25. The average Bonchev–Trinajstić information content (AvgIpc) is 2.40. The molecule has 0 amide bonds. The SMILES string of the molecule is CCNC(Cc1ccccc1Br)/C1=C/CCCCCC1. The molecule has 110 valence electrons. The van der Waals surface area contributed by atoms with Gasteiger partial charge >= 0.3 is 0 Å². The van der Waals surface area contributed by atoms with Crippen LogP contribution in [0.25, 0.3) is 0 Å². The van der Waals surface area contributed by atoms with Crippen LogP contribution in [0, 0.1) is 0 Å². The Balaban J connectivity index is 2.11. The lowest BCUT2D eigenvalue weighted by Gasteiger charge is -2.23. The molecular formula is C18H26BrN. The molecule has 0 saturated heterocycles. The fourth-order valence-corrected chi connectivity index (χ4v) is 3.44. The zero-order chi connectivity index (χ0) is 14.2. The van der Waals surface area contributed by atoms with Crippen LogP contribution >= 0.6 is 15.9 Å². The zero-order valence-electron chi connectivity index (χ0n) is 12.5. The van der Waals surface area contributed by atoms with Crippen molar-refractivity contribution in [3.05, 3.63) is 46.0 Å². The van der Waals surface area contributed by atoms with Gasteiger partial charge in [-0.2, -0.15) is 0 Å². The van der Waals surface area contributed by atoms with Gasteiger partial charge in [-0.3, -0.25) is 0 Å². The number of allylic oxidation sites excluding steroid dienone is 1. The second kappa shape index (κ2) is 8.63. The smallest absolute Gasteiger partial charge is 0.0320 e. The second-order valence-corrected chi connectivity index (χ2v) is 6.49. The van der Waals surface area contributed by atoms with Gasteiger partial charge in [0.1, 0.15) is 0 Å². The van der Waals surface area contributed by atoms with E-state index in [4.69, 9.17) is 0 Å². The Hall–Kier alpha value is -0.600. The highest BCUT2D eigenvalue weighted by Gasteiger charge is 2.15. The fourth-order valence-electron chi connectivity index (χ4n) is 3.00. The highest BCUT2D eigenvalue weighted by atomic mass is 79.9. The van der Waals surface area contributed by atoms with Gasteiger partial charge < -0.3 is 5.32 Å². The first-order valence-corrected chi connectivity index (χ1v) is 8.76. The Morgan fingerprint density at radius 2 is 1.95 bits per heavy atom. The molecule has 1 atom stereocenters. The van der Waals surface area contributed by atoms with Gasteiger partial charge in [0.2, 0.25) is 0 Å². The van der Waals surface area contributed by atoms with Crippen molar-refractivity contribution < 1.29 is 0 Å². The molecule has 1 nitrogen and oxygen atoms in total. The van der Waals surface area contributed by atoms with E-state index in [1.807, 2.05) is 0 Å². The van der Waals surface area contributed by atoms with Crippen LogP contribution in [0.3, 0.4) is 0 Å². The third-order valence-electron chi connectivity index (χ3n) is 4.11. The topological polar surface area (TPSA) is 12.0 Å². The zero-order valence-corrected chi connectivity index (χ0v) is 14.1. The van der Waals surface area contributed by atoms with Gasteiger partial charge in [0, 0.05) is 10.5 Å². The highest BCUT2D eigenvalue weighted by Crippen LogP contribution is 2.24. The summed E-state index contributed by atoms with van der Waals surface area (Å²) in [7, 11) is 0. The Bertz CT molecular complexity index is 439. The molecule has 1 aromatic carbocycles. The summed E-state index contributed by atoms with van der Waals surface area (Å²) in [5.41, 5.74) is 3.03. The molecule has 1 aliphatic carbocycles. The summed E-state index contributed by atoms with van der Waals surface area (Å²) in [6.07, 6.45) is 11.6. The summed E-state index contributed by atoms with van der Waals surface area (Å²) in [5.74, 6) is 0. The van der Waals surface area contributed by atoms with Crippen molar-refractivity contribution in [2.75, 3.05) is 6.54 Å². The van der Waals surface area contributed by atoms with Gasteiger partial charge in [-0.25, -0.2) is 0 Å². The van der Waals surface area contributed by atoms with E-state index in [2.05, 4.69) is 58.5 Å². The van der Waals surface area contributed by atoms with E-state index in [1.54, 1.807) is 5.57 Å². The molecule has 2 heteroatoms. The Morgan fingerprint density at radius 3 is 2.75 bits per heavy atom. The van der Waals surface area contributed by atoms with Crippen LogP contribution in [0.15, 0.2) is 40.4 Å². The second-order valence-electron chi connectivity index (χ2n) is 5.64. The molecule has 0 bridgehead atoms. The lowest BCUT2D eigenvalue weighted by Crippen LogP contribution is -2.33. The molecule has 0 heterocycles. The quantitative estimate of drug-likeness (QED) is 0.724. The molecule has 20 heavy (non-hydrogen) atoms. The highest BCUT2D eigenvalue weighted by molar-refractivity contribution is 9.10. The molecule has 1 aliphatic rings. The minimum atomic E-state index is 0.497. The van der Waals surface area contributed by atoms with Crippen molar-refractivity contribution in [1.82, 2.24) is 5.32 Å².